The molecule has 140 valence electrons. The zero-order chi connectivity index (χ0) is 19.1. The Kier molecular flexibility index (Phi) is 7.33. The van der Waals surface area contributed by atoms with Gasteiger partial charge in [-0.3, -0.25) is 4.79 Å². The summed E-state index contributed by atoms with van der Waals surface area (Å²) in [6.07, 6.45) is 0.506. The maximum absolute atomic E-state index is 11.9. The first kappa shape index (κ1) is 20.1. The fourth-order valence-electron chi connectivity index (χ4n) is 2.61. The first-order chi connectivity index (χ1) is 12.4. The van der Waals surface area contributed by atoms with Gasteiger partial charge in [-0.15, -0.1) is 0 Å². The van der Waals surface area contributed by atoms with Crippen molar-refractivity contribution in [2.45, 2.75) is 26.8 Å². The Hall–Kier alpha value is -2.21. The highest BCUT2D eigenvalue weighted by molar-refractivity contribution is 9.10. The molecule has 2 rings (SSSR count). The molecular formula is C20H25BrN2O3. The van der Waals surface area contributed by atoms with Crippen LogP contribution in [0.1, 0.15) is 25.8 Å². The summed E-state index contributed by atoms with van der Waals surface area (Å²) >= 11 is 3.56. The maximum Gasteiger partial charge on any atom is 0.224 e. The van der Waals surface area contributed by atoms with Crippen molar-refractivity contribution >= 4 is 33.2 Å². The molecule has 0 fully saturated rings. The smallest absolute Gasteiger partial charge is 0.224 e. The molecule has 2 aromatic rings. The first-order valence-electron chi connectivity index (χ1n) is 8.47. The highest BCUT2D eigenvalue weighted by Gasteiger charge is 2.13. The van der Waals surface area contributed by atoms with E-state index in [9.17, 15) is 4.79 Å². The van der Waals surface area contributed by atoms with Crippen LogP contribution in [0.15, 0.2) is 40.9 Å². The van der Waals surface area contributed by atoms with Crippen molar-refractivity contribution in [1.82, 2.24) is 0 Å². The van der Waals surface area contributed by atoms with Crippen LogP contribution in [0.4, 0.5) is 11.4 Å². The molecule has 0 saturated carbocycles. The second-order valence-electron chi connectivity index (χ2n) is 6.34. The third-order valence-corrected chi connectivity index (χ3v) is 4.54. The Labute approximate surface area is 163 Å². The Morgan fingerprint density at radius 2 is 1.85 bits per heavy atom. The van der Waals surface area contributed by atoms with Crippen molar-refractivity contribution in [3.8, 4) is 11.5 Å². The van der Waals surface area contributed by atoms with Gasteiger partial charge in [-0.05, 0) is 36.2 Å². The lowest BCUT2D eigenvalue weighted by molar-refractivity contribution is -0.116. The van der Waals surface area contributed by atoms with Crippen molar-refractivity contribution in [3.05, 3.63) is 46.4 Å². The minimum absolute atomic E-state index is 0.0226. The lowest BCUT2D eigenvalue weighted by Gasteiger charge is -2.16. The summed E-state index contributed by atoms with van der Waals surface area (Å²) in [4.78, 5) is 11.9. The molecule has 0 atom stereocenters. The number of hydrogen-bond acceptors (Lipinski definition) is 4. The predicted molar refractivity (Wildman–Crippen MR) is 109 cm³/mol. The fraction of sp³-hybridized carbons (Fsp3) is 0.350. The van der Waals surface area contributed by atoms with Gasteiger partial charge in [0.2, 0.25) is 5.91 Å². The minimum atomic E-state index is 0.0226. The number of hydrogen-bond donors (Lipinski definition) is 2. The number of methoxy groups -OCH3 is 2. The molecule has 26 heavy (non-hydrogen) atoms. The molecule has 0 aromatic heterocycles. The van der Waals surface area contributed by atoms with Gasteiger partial charge in [-0.25, -0.2) is 0 Å². The standard InChI is InChI=1S/C20H25BrN2O3/c1-13(2)10-19(24)23-15-7-5-6-14(11-15)22-12-16-17(21)8-9-18(25-3)20(16)26-4/h5-9,11,13,22H,10,12H2,1-4H3,(H,23,24). The van der Waals surface area contributed by atoms with Gasteiger partial charge in [0.25, 0.3) is 0 Å². The molecule has 0 heterocycles. The molecule has 6 heteroatoms. The molecule has 5 nitrogen and oxygen atoms in total. The van der Waals surface area contributed by atoms with Gasteiger partial charge in [0.1, 0.15) is 0 Å². The maximum atomic E-state index is 11.9. The molecule has 0 spiro atoms. The van der Waals surface area contributed by atoms with Crippen molar-refractivity contribution in [2.75, 3.05) is 24.9 Å². The summed E-state index contributed by atoms with van der Waals surface area (Å²) in [5, 5.41) is 6.30. The number of rotatable bonds is 8. The molecule has 0 aliphatic heterocycles. The molecular weight excluding hydrogens is 396 g/mol. The Balaban J connectivity index is 2.11. The number of benzene rings is 2. The van der Waals surface area contributed by atoms with Crippen molar-refractivity contribution in [2.24, 2.45) is 5.92 Å². The molecule has 1 amide bonds. The summed E-state index contributed by atoms with van der Waals surface area (Å²) in [6.45, 7) is 4.60. The van der Waals surface area contributed by atoms with Gasteiger partial charge in [0, 0.05) is 34.4 Å². The summed E-state index contributed by atoms with van der Waals surface area (Å²) < 4.78 is 11.8. The number of halogens is 1. The van der Waals surface area contributed by atoms with Crippen LogP contribution in [0.25, 0.3) is 0 Å². The van der Waals surface area contributed by atoms with Gasteiger partial charge < -0.3 is 20.1 Å². The van der Waals surface area contributed by atoms with E-state index in [1.165, 1.54) is 0 Å². The number of ether oxygens (including phenoxy) is 2. The van der Waals surface area contributed by atoms with E-state index in [2.05, 4.69) is 26.6 Å². The molecule has 0 radical (unpaired) electrons. The second-order valence-corrected chi connectivity index (χ2v) is 7.20. The minimum Gasteiger partial charge on any atom is -0.493 e. The molecule has 0 unspecified atom stereocenters. The average molecular weight is 421 g/mol. The van der Waals surface area contributed by atoms with Gasteiger partial charge in [-0.2, -0.15) is 0 Å². The molecule has 0 aliphatic rings. The zero-order valence-corrected chi connectivity index (χ0v) is 17.1. The molecule has 0 bridgehead atoms. The van der Waals surface area contributed by atoms with Crippen LogP contribution in [-0.2, 0) is 11.3 Å². The summed E-state index contributed by atoms with van der Waals surface area (Å²) in [6, 6.07) is 11.5. The van der Waals surface area contributed by atoms with Crippen LogP contribution in [-0.4, -0.2) is 20.1 Å². The Morgan fingerprint density at radius 3 is 2.50 bits per heavy atom. The predicted octanol–water partition coefficient (Wildman–Crippen LogP) is 5.06. The van der Waals surface area contributed by atoms with E-state index in [4.69, 9.17) is 9.47 Å². The van der Waals surface area contributed by atoms with Crippen LogP contribution in [0.3, 0.4) is 0 Å². The Bertz CT molecular complexity index is 763. The number of nitrogens with one attached hydrogen (secondary N) is 2. The molecule has 2 aromatic carbocycles. The first-order valence-corrected chi connectivity index (χ1v) is 9.27. The molecule has 2 N–H and O–H groups in total. The van der Waals surface area contributed by atoms with E-state index in [0.29, 0.717) is 30.4 Å². The van der Waals surface area contributed by atoms with Crippen LogP contribution in [0.2, 0.25) is 0 Å². The third kappa shape index (κ3) is 5.39. The molecule has 0 aliphatic carbocycles. The SMILES string of the molecule is COc1ccc(Br)c(CNc2cccc(NC(=O)CC(C)C)c2)c1OC. The highest BCUT2D eigenvalue weighted by Crippen LogP contribution is 2.36. The number of carbonyl (C=O) groups excluding carboxylic acids is 1. The van der Waals surface area contributed by atoms with Crippen LogP contribution >= 0.6 is 15.9 Å². The van der Waals surface area contributed by atoms with Gasteiger partial charge >= 0.3 is 0 Å². The number of anilines is 2. The summed E-state index contributed by atoms with van der Waals surface area (Å²) in [5.41, 5.74) is 2.64. The topological polar surface area (TPSA) is 59.6 Å². The summed E-state index contributed by atoms with van der Waals surface area (Å²) in [7, 11) is 3.24. The normalized spacial score (nSPS) is 10.5. The van der Waals surface area contributed by atoms with E-state index >= 15 is 0 Å². The fourth-order valence-corrected chi connectivity index (χ4v) is 3.06. The quantitative estimate of drug-likeness (QED) is 0.626. The monoisotopic (exact) mass is 420 g/mol. The van der Waals surface area contributed by atoms with E-state index < -0.39 is 0 Å². The number of carbonyl (C=O) groups is 1. The second kappa shape index (κ2) is 9.48. The Morgan fingerprint density at radius 1 is 1.12 bits per heavy atom. The van der Waals surface area contributed by atoms with Gasteiger partial charge in [0.15, 0.2) is 11.5 Å². The van der Waals surface area contributed by atoms with Gasteiger partial charge in [0.05, 0.1) is 14.2 Å². The number of amides is 1. The van der Waals surface area contributed by atoms with E-state index in [1.54, 1.807) is 14.2 Å². The van der Waals surface area contributed by atoms with Crippen LogP contribution in [0, 0.1) is 5.92 Å². The van der Waals surface area contributed by atoms with Gasteiger partial charge in [-0.1, -0.05) is 35.8 Å². The van der Waals surface area contributed by atoms with E-state index in [-0.39, 0.29) is 5.91 Å². The van der Waals surface area contributed by atoms with E-state index in [1.807, 2.05) is 50.2 Å². The summed E-state index contributed by atoms with van der Waals surface area (Å²) in [5.74, 6) is 1.72. The van der Waals surface area contributed by atoms with Crippen LogP contribution in [0.5, 0.6) is 11.5 Å². The largest absolute Gasteiger partial charge is 0.493 e. The molecule has 0 saturated heterocycles. The van der Waals surface area contributed by atoms with Crippen molar-refractivity contribution in [3.63, 3.8) is 0 Å². The van der Waals surface area contributed by atoms with E-state index in [0.717, 1.165) is 21.4 Å². The zero-order valence-electron chi connectivity index (χ0n) is 15.6. The average Bonchev–Trinajstić information content (AvgIpc) is 2.59. The van der Waals surface area contributed by atoms with Crippen molar-refractivity contribution < 1.29 is 14.3 Å². The lowest BCUT2D eigenvalue weighted by atomic mass is 10.1. The van der Waals surface area contributed by atoms with Crippen LogP contribution < -0.4 is 20.1 Å². The van der Waals surface area contributed by atoms with Crippen molar-refractivity contribution in [1.29, 1.82) is 0 Å². The third-order valence-electron chi connectivity index (χ3n) is 3.80. The lowest BCUT2D eigenvalue weighted by Crippen LogP contribution is -2.14. The highest BCUT2D eigenvalue weighted by atomic mass is 79.9.